The van der Waals surface area contributed by atoms with Gasteiger partial charge < -0.3 is 19.7 Å². The zero-order valence-corrected chi connectivity index (χ0v) is 30.7. The lowest BCUT2D eigenvalue weighted by Gasteiger charge is -2.34. The molecule has 0 aromatic heterocycles. The van der Waals surface area contributed by atoms with Gasteiger partial charge in [-0.2, -0.15) is 0 Å². The molecule has 4 rings (SSSR count). The van der Waals surface area contributed by atoms with Crippen molar-refractivity contribution in [3.05, 3.63) is 117 Å². The Balaban J connectivity index is 1.89. The van der Waals surface area contributed by atoms with Crippen molar-refractivity contribution in [2.45, 2.75) is 57.6 Å². The zero-order valence-electron chi connectivity index (χ0n) is 28.4. The Morgan fingerprint density at radius 1 is 0.816 bits per heavy atom. The van der Waals surface area contributed by atoms with Crippen molar-refractivity contribution >= 4 is 50.7 Å². The van der Waals surface area contributed by atoms with Crippen LogP contribution in [0.1, 0.15) is 36.1 Å². The fraction of sp³-hybridized carbons (Fsp3) is 0.297. The molecule has 9 nitrogen and oxygen atoms in total. The number of benzene rings is 4. The highest BCUT2D eigenvalue weighted by molar-refractivity contribution is 7.92. The molecule has 0 saturated heterocycles. The minimum Gasteiger partial charge on any atom is -0.493 e. The molecule has 0 spiro atoms. The Morgan fingerprint density at radius 2 is 1.43 bits per heavy atom. The molecule has 0 bridgehead atoms. The quantitative estimate of drug-likeness (QED) is 0.150. The smallest absolute Gasteiger partial charge is 0.264 e. The lowest BCUT2D eigenvalue weighted by atomic mass is 10.0. The number of halogens is 2. The van der Waals surface area contributed by atoms with Crippen LogP contribution in [0.3, 0.4) is 0 Å². The summed E-state index contributed by atoms with van der Waals surface area (Å²) in [7, 11) is -1.53. The number of ether oxygens (including phenoxy) is 2. The second kappa shape index (κ2) is 16.4. The first-order chi connectivity index (χ1) is 23.2. The summed E-state index contributed by atoms with van der Waals surface area (Å²) < 4.78 is 40.8. The summed E-state index contributed by atoms with van der Waals surface area (Å²) in [6.07, 6.45) is 0.152. The van der Waals surface area contributed by atoms with Crippen molar-refractivity contribution in [3.8, 4) is 11.5 Å². The van der Waals surface area contributed by atoms with Crippen molar-refractivity contribution in [1.29, 1.82) is 0 Å². The second-order valence-corrected chi connectivity index (χ2v) is 14.6. The lowest BCUT2D eigenvalue weighted by molar-refractivity contribution is -0.140. The molecular weight excluding hydrogens is 685 g/mol. The number of nitrogens with one attached hydrogen (secondary N) is 1. The van der Waals surface area contributed by atoms with Gasteiger partial charge in [0.25, 0.3) is 10.0 Å². The van der Waals surface area contributed by atoms with Gasteiger partial charge in [0.1, 0.15) is 12.6 Å². The summed E-state index contributed by atoms with van der Waals surface area (Å²) in [5, 5.41) is 3.54. The number of methoxy groups -OCH3 is 2. The first-order valence-corrected chi connectivity index (χ1v) is 17.8. The predicted molar refractivity (Wildman–Crippen MR) is 194 cm³/mol. The highest BCUT2D eigenvalue weighted by Gasteiger charge is 2.36. The largest absolute Gasteiger partial charge is 0.493 e. The van der Waals surface area contributed by atoms with Gasteiger partial charge in [-0.1, -0.05) is 65.7 Å². The van der Waals surface area contributed by atoms with Crippen LogP contribution in [0.5, 0.6) is 11.5 Å². The maximum atomic E-state index is 14.8. The standard InChI is InChI=1S/C37H41Cl2N3O6S/c1-24(2)40-37(44)33(20-27-11-8-7-9-12-27)41(22-30-31(38)13-10-14-32(30)39)36(43)23-42(28-18-25(3)17-26(4)19-28)49(45,46)29-15-16-34(47-5)35(21-29)48-6/h7-19,21,24,33H,20,22-23H2,1-6H3,(H,40,44). The van der Waals surface area contributed by atoms with E-state index in [-0.39, 0.29) is 35.3 Å². The molecule has 0 aliphatic heterocycles. The van der Waals surface area contributed by atoms with E-state index in [0.29, 0.717) is 21.4 Å². The second-order valence-electron chi connectivity index (χ2n) is 12.0. The first-order valence-electron chi connectivity index (χ1n) is 15.6. The van der Waals surface area contributed by atoms with Crippen LogP contribution in [0.25, 0.3) is 0 Å². The van der Waals surface area contributed by atoms with E-state index in [2.05, 4.69) is 5.32 Å². The van der Waals surface area contributed by atoms with E-state index in [1.807, 2.05) is 64.1 Å². The van der Waals surface area contributed by atoms with Crippen LogP contribution in [-0.2, 0) is 32.6 Å². The Labute approximate surface area is 298 Å². The van der Waals surface area contributed by atoms with Gasteiger partial charge in [-0.3, -0.25) is 13.9 Å². The average Bonchev–Trinajstić information content (AvgIpc) is 3.05. The molecule has 0 radical (unpaired) electrons. The number of aryl methyl sites for hydroxylation is 2. The van der Waals surface area contributed by atoms with Gasteiger partial charge in [0.2, 0.25) is 11.8 Å². The molecule has 49 heavy (non-hydrogen) atoms. The van der Waals surface area contributed by atoms with E-state index >= 15 is 0 Å². The summed E-state index contributed by atoms with van der Waals surface area (Å²) in [5.41, 5.74) is 3.11. The Hall–Kier alpha value is -4.25. The minimum atomic E-state index is -4.39. The normalized spacial score (nSPS) is 11.9. The van der Waals surface area contributed by atoms with Crippen LogP contribution in [0.15, 0.2) is 89.8 Å². The third-order valence-corrected chi connectivity index (χ3v) is 10.3. The maximum absolute atomic E-state index is 14.8. The first kappa shape index (κ1) is 37.6. The molecule has 2 amide bonds. The molecule has 260 valence electrons. The minimum absolute atomic E-state index is 0.115. The van der Waals surface area contributed by atoms with Crippen molar-refractivity contribution in [3.63, 3.8) is 0 Å². The van der Waals surface area contributed by atoms with Crippen molar-refractivity contribution in [2.24, 2.45) is 0 Å². The summed E-state index contributed by atoms with van der Waals surface area (Å²) >= 11 is 13.2. The molecule has 0 saturated carbocycles. The molecule has 0 heterocycles. The number of hydrogen-bond acceptors (Lipinski definition) is 6. The number of rotatable bonds is 14. The van der Waals surface area contributed by atoms with Gasteiger partial charge in [0.05, 0.1) is 24.8 Å². The molecule has 0 aliphatic carbocycles. The van der Waals surface area contributed by atoms with Crippen LogP contribution in [0, 0.1) is 13.8 Å². The summed E-state index contributed by atoms with van der Waals surface area (Å²) in [5.74, 6) is -0.494. The number of amides is 2. The number of nitrogens with zero attached hydrogens (tertiary/aromatic N) is 2. The summed E-state index contributed by atoms with van der Waals surface area (Å²) in [6, 6.07) is 22.5. The number of carbonyl (C=O) groups is 2. The van der Waals surface area contributed by atoms with E-state index in [9.17, 15) is 18.0 Å². The fourth-order valence-electron chi connectivity index (χ4n) is 5.52. The molecule has 12 heteroatoms. The van der Waals surface area contributed by atoms with Crippen LogP contribution < -0.4 is 19.1 Å². The Kier molecular flexibility index (Phi) is 12.6. The summed E-state index contributed by atoms with van der Waals surface area (Å²) in [4.78, 5) is 29.9. The number of sulfonamides is 1. The van der Waals surface area contributed by atoms with E-state index in [4.69, 9.17) is 32.7 Å². The molecule has 1 atom stereocenters. The van der Waals surface area contributed by atoms with Crippen molar-refractivity contribution in [1.82, 2.24) is 10.2 Å². The molecule has 0 fully saturated rings. The van der Waals surface area contributed by atoms with Gasteiger partial charge in [-0.15, -0.1) is 0 Å². The van der Waals surface area contributed by atoms with Gasteiger partial charge in [0, 0.05) is 40.7 Å². The van der Waals surface area contributed by atoms with Crippen LogP contribution >= 0.6 is 23.2 Å². The van der Waals surface area contributed by atoms with E-state index < -0.39 is 34.4 Å². The number of hydrogen-bond donors (Lipinski definition) is 1. The fourth-order valence-corrected chi connectivity index (χ4v) is 7.45. The van der Waals surface area contributed by atoms with E-state index in [0.717, 1.165) is 21.0 Å². The van der Waals surface area contributed by atoms with Crippen LogP contribution in [0.4, 0.5) is 5.69 Å². The van der Waals surface area contributed by atoms with Gasteiger partial charge in [-0.05, 0) is 80.8 Å². The van der Waals surface area contributed by atoms with Gasteiger partial charge >= 0.3 is 0 Å². The molecular formula is C37H41Cl2N3O6S. The maximum Gasteiger partial charge on any atom is 0.264 e. The van der Waals surface area contributed by atoms with E-state index in [1.54, 1.807) is 30.3 Å². The van der Waals surface area contributed by atoms with Crippen molar-refractivity contribution in [2.75, 3.05) is 25.1 Å². The van der Waals surface area contributed by atoms with Gasteiger partial charge in [-0.25, -0.2) is 8.42 Å². The number of anilines is 1. The van der Waals surface area contributed by atoms with Crippen molar-refractivity contribution < 1.29 is 27.5 Å². The monoisotopic (exact) mass is 725 g/mol. The van der Waals surface area contributed by atoms with Crippen LogP contribution in [-0.4, -0.2) is 58.0 Å². The third kappa shape index (κ3) is 9.26. The molecule has 1 N–H and O–H groups in total. The highest BCUT2D eigenvalue weighted by Crippen LogP contribution is 2.33. The topological polar surface area (TPSA) is 105 Å². The lowest BCUT2D eigenvalue weighted by Crippen LogP contribution is -2.54. The highest BCUT2D eigenvalue weighted by atomic mass is 35.5. The molecule has 4 aromatic carbocycles. The summed E-state index contributed by atoms with van der Waals surface area (Å²) in [6.45, 7) is 6.55. The Bertz CT molecular complexity index is 1860. The molecule has 4 aromatic rings. The molecule has 1 unspecified atom stereocenters. The molecule has 0 aliphatic rings. The van der Waals surface area contributed by atoms with Crippen LogP contribution in [0.2, 0.25) is 10.0 Å². The Morgan fingerprint density at radius 3 is 2.00 bits per heavy atom. The predicted octanol–water partition coefficient (Wildman–Crippen LogP) is 6.99. The SMILES string of the molecule is COc1ccc(S(=O)(=O)N(CC(=O)N(Cc2c(Cl)cccc2Cl)C(Cc2ccccc2)C(=O)NC(C)C)c2cc(C)cc(C)c2)cc1OC. The van der Waals surface area contributed by atoms with E-state index in [1.165, 1.54) is 37.3 Å². The zero-order chi connectivity index (χ0) is 35.9. The average molecular weight is 727 g/mol. The third-order valence-electron chi connectivity index (χ3n) is 7.81. The van der Waals surface area contributed by atoms with Gasteiger partial charge in [0.15, 0.2) is 11.5 Å². The number of carbonyl (C=O) groups excluding carboxylic acids is 2.